The smallest absolute Gasteiger partial charge is 0.249 e. The van der Waals surface area contributed by atoms with Crippen molar-refractivity contribution in [2.75, 3.05) is 12.3 Å². The highest BCUT2D eigenvalue weighted by Gasteiger charge is 2.37. The van der Waals surface area contributed by atoms with Crippen LogP contribution < -0.4 is 5.32 Å². The van der Waals surface area contributed by atoms with Crippen molar-refractivity contribution in [1.82, 2.24) is 10.2 Å². The van der Waals surface area contributed by atoms with Gasteiger partial charge in [-0.05, 0) is 50.0 Å². The van der Waals surface area contributed by atoms with E-state index in [0.29, 0.717) is 5.92 Å². The molecule has 1 N–H and O–H groups in total. The highest BCUT2D eigenvalue weighted by molar-refractivity contribution is 7.81. The molecule has 0 bridgehead atoms. The second kappa shape index (κ2) is 6.26. The lowest BCUT2D eigenvalue weighted by molar-refractivity contribution is -0.134. The van der Waals surface area contributed by atoms with Crippen molar-refractivity contribution < 1.29 is 9.59 Å². The Hall–Kier alpha value is -1.23. The molecule has 2 unspecified atom stereocenters. The number of piperidine rings is 1. The van der Waals surface area contributed by atoms with E-state index in [4.69, 9.17) is 0 Å². The molecule has 0 aromatic heterocycles. The zero-order chi connectivity index (χ0) is 14.8. The zero-order valence-corrected chi connectivity index (χ0v) is 13.1. The van der Waals surface area contributed by atoms with E-state index >= 15 is 0 Å². The third-order valence-corrected chi connectivity index (χ3v) is 4.97. The van der Waals surface area contributed by atoms with Crippen LogP contribution in [0.3, 0.4) is 0 Å². The van der Waals surface area contributed by atoms with Gasteiger partial charge in [-0.1, -0.05) is 12.2 Å². The fraction of sp³-hybridized carbons (Fsp3) is 0.625. The molecule has 0 spiro atoms. The summed E-state index contributed by atoms with van der Waals surface area (Å²) in [5.41, 5.74) is 2.53. The summed E-state index contributed by atoms with van der Waals surface area (Å²) in [7, 11) is 0. The van der Waals surface area contributed by atoms with Gasteiger partial charge in [-0.15, -0.1) is 0 Å². The number of rotatable bonds is 2. The Labute approximate surface area is 131 Å². The summed E-state index contributed by atoms with van der Waals surface area (Å²) in [5, 5.41) is 2.87. The predicted octanol–water partition coefficient (Wildman–Crippen LogP) is 2.04. The van der Waals surface area contributed by atoms with Crippen LogP contribution in [0.4, 0.5) is 0 Å². The quantitative estimate of drug-likeness (QED) is 0.767. The van der Waals surface area contributed by atoms with Crippen LogP contribution in [-0.4, -0.2) is 35.1 Å². The molecule has 3 rings (SSSR count). The lowest BCUT2D eigenvalue weighted by Gasteiger charge is -2.32. The predicted molar refractivity (Wildman–Crippen MR) is 84.9 cm³/mol. The number of carbonyl (C=O) groups excluding carboxylic acids is 2. The molecule has 0 aromatic rings. The van der Waals surface area contributed by atoms with E-state index in [-0.39, 0.29) is 17.6 Å². The van der Waals surface area contributed by atoms with Gasteiger partial charge in [0.1, 0.15) is 6.04 Å². The first-order chi connectivity index (χ1) is 10.2. The molecule has 114 valence electrons. The highest BCUT2D eigenvalue weighted by atomic mass is 32.1. The summed E-state index contributed by atoms with van der Waals surface area (Å²) >= 11 is 4.00. The Morgan fingerprint density at radius 3 is 3.10 bits per heavy atom. The molecule has 0 aromatic carbocycles. The summed E-state index contributed by atoms with van der Waals surface area (Å²) in [4.78, 5) is 26.4. The first kappa shape index (κ1) is 14.7. The third kappa shape index (κ3) is 2.89. The number of hydrogen-bond acceptors (Lipinski definition) is 3. The molecule has 0 saturated carbocycles. The first-order valence-electron chi connectivity index (χ1n) is 7.82. The monoisotopic (exact) mass is 306 g/mol. The van der Waals surface area contributed by atoms with Crippen LogP contribution in [0.15, 0.2) is 23.4 Å². The van der Waals surface area contributed by atoms with E-state index in [1.54, 1.807) is 0 Å². The molecule has 2 aliphatic heterocycles. The molecule has 5 heteroatoms. The molecule has 1 aliphatic carbocycles. The number of fused-ring (bicyclic) bond motifs is 2. The molecule has 1 saturated heterocycles. The maximum atomic E-state index is 12.8. The second-order valence-electron chi connectivity index (χ2n) is 6.04. The van der Waals surface area contributed by atoms with Gasteiger partial charge < -0.3 is 10.2 Å². The fourth-order valence-electron chi connectivity index (χ4n) is 3.69. The molecule has 2 heterocycles. The minimum Gasteiger partial charge on any atom is -0.344 e. The topological polar surface area (TPSA) is 49.4 Å². The van der Waals surface area contributed by atoms with Gasteiger partial charge >= 0.3 is 0 Å². The highest BCUT2D eigenvalue weighted by Crippen LogP contribution is 2.38. The number of nitrogens with zero attached hydrogens (tertiary/aromatic N) is 1. The van der Waals surface area contributed by atoms with Crippen molar-refractivity contribution in [3.05, 3.63) is 23.4 Å². The molecule has 21 heavy (non-hydrogen) atoms. The molecule has 0 radical (unpaired) electrons. The number of allylic oxidation sites excluding steroid dienone is 4. The largest absolute Gasteiger partial charge is 0.344 e. The Kier molecular flexibility index (Phi) is 4.38. The fourth-order valence-corrected chi connectivity index (χ4v) is 3.78. The average Bonchev–Trinajstić information content (AvgIpc) is 2.64. The van der Waals surface area contributed by atoms with Gasteiger partial charge in [0.15, 0.2) is 0 Å². The van der Waals surface area contributed by atoms with E-state index in [1.807, 2.05) is 4.90 Å². The lowest BCUT2D eigenvalue weighted by atomic mass is 9.83. The van der Waals surface area contributed by atoms with Crippen molar-refractivity contribution in [2.24, 2.45) is 5.92 Å². The number of thiol groups is 1. The van der Waals surface area contributed by atoms with Crippen LogP contribution >= 0.6 is 12.6 Å². The molecule has 4 nitrogen and oxygen atoms in total. The van der Waals surface area contributed by atoms with E-state index in [0.717, 1.165) is 45.1 Å². The minimum atomic E-state index is -0.397. The number of hydrogen-bond donors (Lipinski definition) is 2. The van der Waals surface area contributed by atoms with Gasteiger partial charge in [-0.25, -0.2) is 0 Å². The van der Waals surface area contributed by atoms with Crippen LogP contribution in [0.1, 0.15) is 38.5 Å². The van der Waals surface area contributed by atoms with Gasteiger partial charge in [0, 0.05) is 12.2 Å². The number of amides is 2. The Balaban J connectivity index is 1.93. The Bertz CT molecular complexity index is 512. The Morgan fingerprint density at radius 1 is 1.43 bits per heavy atom. The minimum absolute atomic E-state index is 0.0649. The van der Waals surface area contributed by atoms with Crippen molar-refractivity contribution >= 4 is 24.4 Å². The molecular weight excluding hydrogens is 284 g/mol. The van der Waals surface area contributed by atoms with Crippen molar-refractivity contribution in [3.8, 4) is 0 Å². The Morgan fingerprint density at radius 2 is 2.29 bits per heavy atom. The van der Waals surface area contributed by atoms with Gasteiger partial charge in [-0.2, -0.15) is 12.6 Å². The molecule has 3 aliphatic rings. The van der Waals surface area contributed by atoms with E-state index < -0.39 is 6.04 Å². The lowest BCUT2D eigenvalue weighted by Crippen LogP contribution is -2.49. The number of nitrogens with one attached hydrogen (secondary N) is 1. The summed E-state index contributed by atoms with van der Waals surface area (Å²) in [6, 6.07) is -0.397. The summed E-state index contributed by atoms with van der Waals surface area (Å²) in [6.07, 6.45) is 10.4. The van der Waals surface area contributed by atoms with Crippen molar-refractivity contribution in [3.63, 3.8) is 0 Å². The van der Waals surface area contributed by atoms with Crippen LogP contribution in [0.2, 0.25) is 0 Å². The van der Waals surface area contributed by atoms with Crippen LogP contribution in [-0.2, 0) is 9.59 Å². The zero-order valence-electron chi connectivity index (χ0n) is 12.2. The summed E-state index contributed by atoms with van der Waals surface area (Å²) in [5.74, 6) is 0.420. The third-order valence-electron chi connectivity index (χ3n) is 4.69. The molecule has 2 amide bonds. The molecular formula is C16H22N2O2S. The number of carbonyl (C=O) groups is 2. The first-order valence-corrected chi connectivity index (χ1v) is 8.45. The summed E-state index contributed by atoms with van der Waals surface area (Å²) in [6.45, 7) is 0.783. The maximum Gasteiger partial charge on any atom is 0.249 e. The van der Waals surface area contributed by atoms with Crippen LogP contribution in [0.5, 0.6) is 0 Å². The van der Waals surface area contributed by atoms with Crippen LogP contribution in [0, 0.1) is 5.92 Å². The van der Waals surface area contributed by atoms with Gasteiger partial charge in [0.25, 0.3) is 0 Å². The molecule has 1 fully saturated rings. The van der Waals surface area contributed by atoms with E-state index in [1.165, 1.54) is 11.3 Å². The van der Waals surface area contributed by atoms with Gasteiger partial charge in [0.05, 0.1) is 5.75 Å². The summed E-state index contributed by atoms with van der Waals surface area (Å²) < 4.78 is 0. The van der Waals surface area contributed by atoms with E-state index in [9.17, 15) is 9.59 Å². The maximum absolute atomic E-state index is 12.8. The average molecular weight is 306 g/mol. The van der Waals surface area contributed by atoms with Crippen molar-refractivity contribution in [1.29, 1.82) is 0 Å². The van der Waals surface area contributed by atoms with Gasteiger partial charge in [0.2, 0.25) is 11.8 Å². The van der Waals surface area contributed by atoms with Gasteiger partial charge in [-0.3, -0.25) is 9.59 Å². The standard InChI is InChI=1S/C16H22N2O2S/c19-15(10-21)17-13-9-11-5-1-2-6-12(11)14-7-3-4-8-18(14)16(13)20/h2,6,11,13,21H,1,3-5,7-10H2,(H,17,19). The molecule has 2 atom stereocenters. The van der Waals surface area contributed by atoms with E-state index in [2.05, 4.69) is 30.1 Å². The second-order valence-corrected chi connectivity index (χ2v) is 6.36. The van der Waals surface area contributed by atoms with Crippen LogP contribution in [0.25, 0.3) is 0 Å². The SMILES string of the molecule is O=C(CS)NC1CC2CCC=CC2=C2CCCCN2C1=O. The normalized spacial score (nSPS) is 28.8. The van der Waals surface area contributed by atoms with Crippen molar-refractivity contribution in [2.45, 2.75) is 44.6 Å².